The summed E-state index contributed by atoms with van der Waals surface area (Å²) < 4.78 is 5.88. The average molecular weight is 321 g/mol. The molecule has 1 aromatic carbocycles. The summed E-state index contributed by atoms with van der Waals surface area (Å²) in [5.41, 5.74) is -0.706. The number of rotatable bonds is 4. The van der Waals surface area contributed by atoms with Gasteiger partial charge in [0.15, 0.2) is 5.92 Å². The van der Waals surface area contributed by atoms with E-state index in [4.69, 9.17) is 15.3 Å². The number of halogens is 1. The van der Waals surface area contributed by atoms with Gasteiger partial charge in [-0.3, -0.25) is 4.79 Å². The maximum absolute atomic E-state index is 12.2. The van der Waals surface area contributed by atoms with Crippen LogP contribution in [-0.2, 0) is 14.9 Å². The van der Waals surface area contributed by atoms with Crippen LogP contribution in [0.5, 0.6) is 0 Å². The van der Waals surface area contributed by atoms with Crippen LogP contribution in [0.2, 0.25) is 0 Å². The molecule has 0 heterocycles. The highest BCUT2D eigenvalue weighted by atomic mass is 79.9. The number of nitrogens with zero attached hydrogens (tertiary/aromatic N) is 2. The lowest BCUT2D eigenvalue weighted by molar-refractivity contribution is -0.150. The Balaban J connectivity index is 3.35. The Bertz CT molecular complexity index is 528. The monoisotopic (exact) mass is 320 g/mol. The Hall–Kier alpha value is -1.85. The summed E-state index contributed by atoms with van der Waals surface area (Å²) in [6.07, 6.45) is 0. The molecule has 1 rings (SSSR count). The molecule has 0 aliphatic heterocycles. The SMILES string of the molecule is CCOC(=O)C(C)(c1ccc(Br)cc1)C(C#N)C#N. The minimum absolute atomic E-state index is 0.203. The molecule has 0 aliphatic rings. The van der Waals surface area contributed by atoms with Crippen molar-refractivity contribution in [2.75, 3.05) is 6.61 Å². The van der Waals surface area contributed by atoms with Gasteiger partial charge in [0.25, 0.3) is 0 Å². The molecule has 4 nitrogen and oxygen atoms in total. The predicted octanol–water partition coefficient (Wildman–Crippen LogP) is 2.93. The lowest BCUT2D eigenvalue weighted by Gasteiger charge is -2.28. The number of carbonyl (C=O) groups is 1. The molecule has 0 aromatic heterocycles. The number of nitriles is 2. The minimum Gasteiger partial charge on any atom is -0.465 e. The third-order valence-electron chi connectivity index (χ3n) is 2.98. The van der Waals surface area contributed by atoms with Gasteiger partial charge in [-0.05, 0) is 31.5 Å². The molecule has 0 bridgehead atoms. The van der Waals surface area contributed by atoms with Crippen LogP contribution in [0.3, 0.4) is 0 Å². The van der Waals surface area contributed by atoms with E-state index in [0.29, 0.717) is 5.56 Å². The molecule has 0 amide bonds. The van der Waals surface area contributed by atoms with Crippen molar-refractivity contribution in [2.24, 2.45) is 5.92 Å². The maximum Gasteiger partial charge on any atom is 0.318 e. The van der Waals surface area contributed by atoms with Crippen molar-refractivity contribution in [3.05, 3.63) is 34.3 Å². The number of hydrogen-bond donors (Lipinski definition) is 0. The minimum atomic E-state index is -1.29. The van der Waals surface area contributed by atoms with Crippen molar-refractivity contribution in [1.29, 1.82) is 10.5 Å². The molecule has 0 saturated carbocycles. The molecule has 0 fully saturated rings. The zero-order valence-electron chi connectivity index (χ0n) is 10.7. The number of benzene rings is 1. The van der Waals surface area contributed by atoms with Crippen LogP contribution in [0.25, 0.3) is 0 Å². The van der Waals surface area contributed by atoms with Crippen LogP contribution in [0.1, 0.15) is 19.4 Å². The van der Waals surface area contributed by atoms with E-state index >= 15 is 0 Å². The quantitative estimate of drug-likeness (QED) is 0.799. The first kappa shape index (κ1) is 15.2. The van der Waals surface area contributed by atoms with Crippen LogP contribution in [-0.4, -0.2) is 12.6 Å². The normalized spacial score (nSPS) is 13.2. The molecular weight excluding hydrogens is 308 g/mol. The summed E-state index contributed by atoms with van der Waals surface area (Å²) in [6, 6.07) is 10.7. The largest absolute Gasteiger partial charge is 0.465 e. The van der Waals surface area contributed by atoms with Crippen LogP contribution in [0.4, 0.5) is 0 Å². The van der Waals surface area contributed by atoms with Gasteiger partial charge >= 0.3 is 5.97 Å². The first-order chi connectivity index (χ1) is 9.00. The summed E-state index contributed by atoms with van der Waals surface area (Å²) in [5, 5.41) is 18.2. The van der Waals surface area contributed by atoms with E-state index in [9.17, 15) is 4.79 Å². The lowest BCUT2D eigenvalue weighted by atomic mass is 9.73. The van der Waals surface area contributed by atoms with Gasteiger partial charge < -0.3 is 4.74 Å². The molecule has 98 valence electrons. The summed E-state index contributed by atoms with van der Waals surface area (Å²) in [7, 11) is 0. The van der Waals surface area contributed by atoms with Crippen LogP contribution in [0, 0.1) is 28.6 Å². The topological polar surface area (TPSA) is 73.9 Å². The number of carbonyl (C=O) groups excluding carboxylic acids is 1. The van der Waals surface area contributed by atoms with E-state index < -0.39 is 17.3 Å². The van der Waals surface area contributed by atoms with Gasteiger partial charge in [-0.25, -0.2) is 0 Å². The zero-order valence-corrected chi connectivity index (χ0v) is 12.3. The van der Waals surface area contributed by atoms with Gasteiger partial charge in [0.05, 0.1) is 18.7 Å². The van der Waals surface area contributed by atoms with Crippen LogP contribution < -0.4 is 0 Å². The van der Waals surface area contributed by atoms with Crippen molar-refractivity contribution in [1.82, 2.24) is 0 Å². The molecule has 1 unspecified atom stereocenters. The third kappa shape index (κ3) is 2.94. The second-order valence-electron chi connectivity index (χ2n) is 4.12. The Morgan fingerprint density at radius 1 is 1.37 bits per heavy atom. The first-order valence-electron chi connectivity index (χ1n) is 5.73. The summed E-state index contributed by atoms with van der Waals surface area (Å²) in [6.45, 7) is 3.45. The van der Waals surface area contributed by atoms with Gasteiger partial charge in [-0.2, -0.15) is 10.5 Å². The smallest absolute Gasteiger partial charge is 0.318 e. The second-order valence-corrected chi connectivity index (χ2v) is 5.04. The summed E-state index contributed by atoms with van der Waals surface area (Å²) in [5.74, 6) is -1.67. The van der Waals surface area contributed by atoms with Gasteiger partial charge in [0.2, 0.25) is 0 Å². The molecule has 0 aliphatic carbocycles. The number of ether oxygens (including phenoxy) is 1. The summed E-state index contributed by atoms with van der Waals surface area (Å²) in [4.78, 5) is 12.2. The van der Waals surface area contributed by atoms with Crippen LogP contribution in [0.15, 0.2) is 28.7 Å². The van der Waals surface area contributed by atoms with Gasteiger partial charge in [-0.15, -0.1) is 0 Å². The lowest BCUT2D eigenvalue weighted by Crippen LogP contribution is -2.40. The van der Waals surface area contributed by atoms with Gasteiger partial charge in [-0.1, -0.05) is 28.1 Å². The highest BCUT2D eigenvalue weighted by molar-refractivity contribution is 9.10. The molecule has 1 atom stereocenters. The molecule has 19 heavy (non-hydrogen) atoms. The fourth-order valence-electron chi connectivity index (χ4n) is 1.77. The van der Waals surface area contributed by atoms with Crippen molar-refractivity contribution in [3.8, 4) is 12.1 Å². The highest BCUT2D eigenvalue weighted by Crippen LogP contribution is 2.34. The number of hydrogen-bond acceptors (Lipinski definition) is 4. The van der Waals surface area contributed by atoms with Gasteiger partial charge in [0.1, 0.15) is 5.41 Å². The Kier molecular flexibility index (Phi) is 5.09. The first-order valence-corrected chi connectivity index (χ1v) is 6.52. The van der Waals surface area contributed by atoms with Gasteiger partial charge in [0, 0.05) is 4.47 Å². The van der Waals surface area contributed by atoms with Crippen LogP contribution >= 0.6 is 15.9 Å². The second kappa shape index (κ2) is 6.36. The highest BCUT2D eigenvalue weighted by Gasteiger charge is 2.45. The Morgan fingerprint density at radius 3 is 2.32 bits per heavy atom. The van der Waals surface area contributed by atoms with E-state index in [1.165, 1.54) is 0 Å². The molecule has 0 spiro atoms. The Labute approximate surface area is 120 Å². The predicted molar refractivity (Wildman–Crippen MR) is 72.8 cm³/mol. The standard InChI is InChI=1S/C14H13BrN2O2/c1-3-19-13(18)14(2,11(8-16)9-17)10-4-6-12(15)7-5-10/h4-7,11H,3H2,1-2H3. The van der Waals surface area contributed by atoms with E-state index in [1.807, 2.05) is 12.1 Å². The fourth-order valence-corrected chi connectivity index (χ4v) is 2.03. The molecule has 0 N–H and O–H groups in total. The van der Waals surface area contributed by atoms with Crippen molar-refractivity contribution >= 4 is 21.9 Å². The fraction of sp³-hybridized carbons (Fsp3) is 0.357. The molecule has 5 heteroatoms. The van der Waals surface area contributed by atoms with E-state index in [1.54, 1.807) is 38.1 Å². The zero-order chi connectivity index (χ0) is 14.5. The molecule has 0 saturated heterocycles. The van der Waals surface area contributed by atoms with E-state index in [0.717, 1.165) is 4.47 Å². The Morgan fingerprint density at radius 2 is 1.89 bits per heavy atom. The molecule has 1 aromatic rings. The van der Waals surface area contributed by atoms with E-state index in [2.05, 4.69) is 15.9 Å². The average Bonchev–Trinajstić information content (AvgIpc) is 2.40. The van der Waals surface area contributed by atoms with Crippen molar-refractivity contribution in [3.63, 3.8) is 0 Å². The molecular formula is C14H13BrN2O2. The third-order valence-corrected chi connectivity index (χ3v) is 3.51. The summed E-state index contributed by atoms with van der Waals surface area (Å²) >= 11 is 3.30. The molecule has 0 radical (unpaired) electrons. The van der Waals surface area contributed by atoms with E-state index in [-0.39, 0.29) is 6.61 Å². The number of esters is 1. The van der Waals surface area contributed by atoms with Crippen molar-refractivity contribution in [2.45, 2.75) is 19.3 Å². The van der Waals surface area contributed by atoms with Crippen molar-refractivity contribution < 1.29 is 9.53 Å². The maximum atomic E-state index is 12.2.